The largest absolute Gasteiger partial charge is 0.493 e. The van der Waals surface area contributed by atoms with E-state index in [1.54, 1.807) is 0 Å². The summed E-state index contributed by atoms with van der Waals surface area (Å²) in [5.74, 6) is 0.842. The average molecular weight is 263 g/mol. The van der Waals surface area contributed by atoms with Gasteiger partial charge in [-0.2, -0.15) is 0 Å². The van der Waals surface area contributed by atoms with Crippen molar-refractivity contribution >= 4 is 0 Å². The Hall–Kier alpha value is -1.06. The van der Waals surface area contributed by atoms with Gasteiger partial charge in [0.1, 0.15) is 5.75 Å². The molecule has 2 rings (SSSR count). The van der Waals surface area contributed by atoms with Crippen LogP contribution < -0.4 is 4.74 Å². The van der Waals surface area contributed by atoms with Crippen molar-refractivity contribution in [3.8, 4) is 5.75 Å². The zero-order chi connectivity index (χ0) is 13.8. The predicted molar refractivity (Wildman–Crippen MR) is 77.4 cm³/mol. The van der Waals surface area contributed by atoms with E-state index < -0.39 is 0 Å². The second kappa shape index (κ2) is 6.40. The standard InChI is InChI=1S/C16H25NO2/c1-4-6-17-10-14-9-16(19-5-2)15(11-18)8-13(14)7-12(17)3/h8-9,12,18H,4-7,10-11H2,1-3H3. The molecule has 0 aromatic heterocycles. The number of ether oxygens (including phenoxy) is 1. The lowest BCUT2D eigenvalue weighted by Gasteiger charge is -2.35. The smallest absolute Gasteiger partial charge is 0.125 e. The van der Waals surface area contributed by atoms with E-state index in [0.717, 1.165) is 30.8 Å². The summed E-state index contributed by atoms with van der Waals surface area (Å²) in [6.07, 6.45) is 2.25. The normalized spacial score (nSPS) is 19.3. The molecule has 1 aliphatic rings. The topological polar surface area (TPSA) is 32.7 Å². The van der Waals surface area contributed by atoms with E-state index in [1.165, 1.54) is 17.5 Å². The average Bonchev–Trinajstić information content (AvgIpc) is 2.40. The van der Waals surface area contributed by atoms with Crippen LogP contribution in [-0.2, 0) is 19.6 Å². The second-order valence-corrected chi connectivity index (χ2v) is 5.34. The molecule has 3 heteroatoms. The van der Waals surface area contributed by atoms with Crippen LogP contribution in [0.25, 0.3) is 0 Å². The van der Waals surface area contributed by atoms with Crippen molar-refractivity contribution in [2.24, 2.45) is 0 Å². The van der Waals surface area contributed by atoms with Crippen molar-refractivity contribution in [2.75, 3.05) is 13.2 Å². The number of benzene rings is 1. The molecule has 0 saturated carbocycles. The maximum absolute atomic E-state index is 9.46. The number of rotatable bonds is 5. The van der Waals surface area contributed by atoms with Crippen LogP contribution in [0.4, 0.5) is 0 Å². The van der Waals surface area contributed by atoms with E-state index in [2.05, 4.69) is 30.9 Å². The molecule has 106 valence electrons. The Labute approximate surface area is 116 Å². The zero-order valence-corrected chi connectivity index (χ0v) is 12.3. The van der Waals surface area contributed by atoms with Crippen LogP contribution in [0.3, 0.4) is 0 Å². The molecule has 19 heavy (non-hydrogen) atoms. The number of fused-ring (bicyclic) bond motifs is 1. The molecular weight excluding hydrogens is 238 g/mol. The molecule has 1 aromatic carbocycles. The minimum Gasteiger partial charge on any atom is -0.493 e. The van der Waals surface area contributed by atoms with Crippen molar-refractivity contribution in [1.29, 1.82) is 0 Å². The first-order valence-corrected chi connectivity index (χ1v) is 7.31. The highest BCUT2D eigenvalue weighted by Crippen LogP contribution is 2.30. The Morgan fingerprint density at radius 3 is 2.74 bits per heavy atom. The molecule has 3 nitrogen and oxygen atoms in total. The molecule has 1 unspecified atom stereocenters. The van der Waals surface area contributed by atoms with Gasteiger partial charge in [0.25, 0.3) is 0 Å². The predicted octanol–water partition coefficient (Wildman–Crippen LogP) is 2.73. The van der Waals surface area contributed by atoms with Crippen LogP contribution in [0.5, 0.6) is 5.75 Å². The van der Waals surface area contributed by atoms with Crippen LogP contribution in [0.1, 0.15) is 43.9 Å². The van der Waals surface area contributed by atoms with Gasteiger partial charge < -0.3 is 9.84 Å². The van der Waals surface area contributed by atoms with Gasteiger partial charge in [0.2, 0.25) is 0 Å². The highest BCUT2D eigenvalue weighted by atomic mass is 16.5. The molecule has 1 N–H and O–H groups in total. The van der Waals surface area contributed by atoms with Crippen LogP contribution in [0.15, 0.2) is 12.1 Å². The van der Waals surface area contributed by atoms with Gasteiger partial charge in [0.15, 0.2) is 0 Å². The Morgan fingerprint density at radius 2 is 2.11 bits per heavy atom. The maximum atomic E-state index is 9.46. The molecule has 0 radical (unpaired) electrons. The van der Waals surface area contributed by atoms with Gasteiger partial charge >= 0.3 is 0 Å². The van der Waals surface area contributed by atoms with Crippen molar-refractivity contribution in [1.82, 2.24) is 4.90 Å². The third-order valence-corrected chi connectivity index (χ3v) is 3.88. The van der Waals surface area contributed by atoms with Crippen LogP contribution >= 0.6 is 0 Å². The zero-order valence-electron chi connectivity index (χ0n) is 12.3. The van der Waals surface area contributed by atoms with Gasteiger partial charge in [-0.1, -0.05) is 6.92 Å². The summed E-state index contributed by atoms with van der Waals surface area (Å²) in [6, 6.07) is 4.83. The Kier molecular flexibility index (Phi) is 4.83. The van der Waals surface area contributed by atoms with Gasteiger partial charge in [-0.15, -0.1) is 0 Å². The van der Waals surface area contributed by atoms with Gasteiger partial charge in [0.05, 0.1) is 13.2 Å². The highest BCUT2D eigenvalue weighted by molar-refractivity contribution is 5.44. The van der Waals surface area contributed by atoms with E-state index in [1.807, 2.05) is 6.92 Å². The Morgan fingerprint density at radius 1 is 1.32 bits per heavy atom. The van der Waals surface area contributed by atoms with E-state index in [0.29, 0.717) is 12.6 Å². The maximum Gasteiger partial charge on any atom is 0.125 e. The van der Waals surface area contributed by atoms with E-state index >= 15 is 0 Å². The number of hydrogen-bond acceptors (Lipinski definition) is 3. The first kappa shape index (κ1) is 14.4. The van der Waals surface area contributed by atoms with E-state index in [9.17, 15) is 5.11 Å². The fraction of sp³-hybridized carbons (Fsp3) is 0.625. The quantitative estimate of drug-likeness (QED) is 0.886. The van der Waals surface area contributed by atoms with Crippen molar-refractivity contribution in [3.05, 3.63) is 28.8 Å². The molecule has 0 fully saturated rings. The molecule has 1 aliphatic heterocycles. The van der Waals surface area contributed by atoms with Crippen LogP contribution in [-0.4, -0.2) is 29.2 Å². The second-order valence-electron chi connectivity index (χ2n) is 5.34. The summed E-state index contributed by atoms with van der Waals surface area (Å²) in [5, 5.41) is 9.46. The summed E-state index contributed by atoms with van der Waals surface area (Å²) < 4.78 is 5.64. The van der Waals surface area contributed by atoms with Gasteiger partial charge in [-0.25, -0.2) is 0 Å². The van der Waals surface area contributed by atoms with Crippen molar-refractivity contribution in [3.63, 3.8) is 0 Å². The number of hydrogen-bond donors (Lipinski definition) is 1. The minimum atomic E-state index is 0.0513. The van der Waals surface area contributed by atoms with Crippen LogP contribution in [0, 0.1) is 0 Å². The minimum absolute atomic E-state index is 0.0513. The fourth-order valence-corrected chi connectivity index (χ4v) is 2.88. The van der Waals surface area contributed by atoms with E-state index in [-0.39, 0.29) is 6.61 Å². The lowest BCUT2D eigenvalue weighted by atomic mass is 9.92. The van der Waals surface area contributed by atoms with Gasteiger partial charge in [0, 0.05) is 18.2 Å². The summed E-state index contributed by atoms with van der Waals surface area (Å²) in [4.78, 5) is 2.52. The molecule has 1 atom stereocenters. The van der Waals surface area contributed by atoms with Gasteiger partial charge in [-0.05, 0) is 56.5 Å². The number of aliphatic hydroxyl groups is 1. The number of nitrogens with zero attached hydrogens (tertiary/aromatic N) is 1. The first-order valence-electron chi connectivity index (χ1n) is 7.31. The lowest BCUT2D eigenvalue weighted by Crippen LogP contribution is -2.38. The Bertz CT molecular complexity index is 431. The van der Waals surface area contributed by atoms with Crippen LogP contribution in [0.2, 0.25) is 0 Å². The molecular formula is C16H25NO2. The van der Waals surface area contributed by atoms with E-state index in [4.69, 9.17) is 4.74 Å². The monoisotopic (exact) mass is 263 g/mol. The van der Waals surface area contributed by atoms with Crippen molar-refractivity contribution in [2.45, 2.75) is 52.8 Å². The third kappa shape index (κ3) is 3.10. The lowest BCUT2D eigenvalue weighted by molar-refractivity contribution is 0.183. The molecule has 0 amide bonds. The molecule has 0 saturated heterocycles. The first-order chi connectivity index (χ1) is 9.19. The molecule has 0 aliphatic carbocycles. The molecule has 1 heterocycles. The summed E-state index contributed by atoms with van der Waals surface area (Å²) >= 11 is 0. The molecule has 0 spiro atoms. The fourth-order valence-electron chi connectivity index (χ4n) is 2.88. The van der Waals surface area contributed by atoms with Gasteiger partial charge in [-0.3, -0.25) is 4.90 Å². The SMILES string of the molecule is CCCN1Cc2cc(OCC)c(CO)cc2CC1C. The Balaban J connectivity index is 2.29. The molecule has 1 aromatic rings. The number of aliphatic hydroxyl groups excluding tert-OH is 1. The summed E-state index contributed by atoms with van der Waals surface area (Å²) in [5.41, 5.74) is 3.64. The van der Waals surface area contributed by atoms with Crippen molar-refractivity contribution < 1.29 is 9.84 Å². The summed E-state index contributed by atoms with van der Waals surface area (Å²) in [6.45, 7) is 9.32. The highest BCUT2D eigenvalue weighted by Gasteiger charge is 2.23. The third-order valence-electron chi connectivity index (χ3n) is 3.88. The summed E-state index contributed by atoms with van der Waals surface area (Å²) in [7, 11) is 0. The molecule has 0 bridgehead atoms.